The highest BCUT2D eigenvalue weighted by Gasteiger charge is 2.22. The molecule has 0 fully saturated rings. The lowest BCUT2D eigenvalue weighted by Gasteiger charge is -2.22. The van der Waals surface area contributed by atoms with E-state index in [2.05, 4.69) is 11.5 Å². The molecule has 1 aromatic heterocycles. The SMILES string of the molecule is CCCCCCCCCCCCCCn1c(-c2ccc(OC)cc2)c(OC)c(=O)c2c(OC)cc(OC)cc21. The molecule has 0 unspecified atom stereocenters. The van der Waals surface area contributed by atoms with Crippen LogP contribution < -0.4 is 24.4 Å². The van der Waals surface area contributed by atoms with Gasteiger partial charge in [-0.3, -0.25) is 4.79 Å². The van der Waals surface area contributed by atoms with E-state index in [9.17, 15) is 4.79 Å². The number of ether oxygens (including phenoxy) is 4. The zero-order chi connectivity index (χ0) is 28.0. The van der Waals surface area contributed by atoms with Crippen molar-refractivity contribution < 1.29 is 18.9 Å². The van der Waals surface area contributed by atoms with Gasteiger partial charge in [-0.1, -0.05) is 77.6 Å². The Morgan fingerprint density at radius 3 is 1.72 bits per heavy atom. The summed E-state index contributed by atoms with van der Waals surface area (Å²) in [5.74, 6) is 2.21. The van der Waals surface area contributed by atoms with E-state index >= 15 is 0 Å². The van der Waals surface area contributed by atoms with Gasteiger partial charge in [-0.15, -0.1) is 0 Å². The normalized spacial score (nSPS) is 11.1. The molecular formula is C33H47NO5. The molecule has 2 aromatic carbocycles. The summed E-state index contributed by atoms with van der Waals surface area (Å²) < 4.78 is 24.5. The molecule has 3 aromatic rings. The number of nitrogens with zero attached hydrogens (tertiary/aromatic N) is 1. The minimum absolute atomic E-state index is 0.191. The summed E-state index contributed by atoms with van der Waals surface area (Å²) >= 11 is 0. The van der Waals surface area contributed by atoms with Crippen LogP contribution in [0.1, 0.15) is 84.0 Å². The second kappa shape index (κ2) is 16.1. The lowest BCUT2D eigenvalue weighted by molar-refractivity contribution is 0.394. The van der Waals surface area contributed by atoms with Gasteiger partial charge in [0.15, 0.2) is 5.75 Å². The van der Waals surface area contributed by atoms with Crippen LogP contribution in [0.3, 0.4) is 0 Å². The molecule has 6 heteroatoms. The molecule has 0 radical (unpaired) electrons. The maximum absolute atomic E-state index is 13.7. The molecule has 0 aliphatic carbocycles. The van der Waals surface area contributed by atoms with Crippen LogP contribution in [0.2, 0.25) is 0 Å². The maximum atomic E-state index is 13.7. The number of unbranched alkanes of at least 4 members (excludes halogenated alkanes) is 11. The summed E-state index contributed by atoms with van der Waals surface area (Å²) in [7, 11) is 6.41. The molecule has 0 aliphatic rings. The minimum Gasteiger partial charge on any atom is -0.497 e. The third-order valence-corrected chi connectivity index (χ3v) is 7.52. The number of aryl methyl sites for hydroxylation is 1. The van der Waals surface area contributed by atoms with Crippen molar-refractivity contribution in [3.63, 3.8) is 0 Å². The van der Waals surface area contributed by atoms with E-state index in [-0.39, 0.29) is 5.43 Å². The van der Waals surface area contributed by atoms with Crippen molar-refractivity contribution in [2.75, 3.05) is 28.4 Å². The number of hydrogen-bond acceptors (Lipinski definition) is 5. The number of benzene rings is 2. The van der Waals surface area contributed by atoms with E-state index in [0.29, 0.717) is 22.6 Å². The van der Waals surface area contributed by atoms with Crippen molar-refractivity contribution in [2.24, 2.45) is 0 Å². The van der Waals surface area contributed by atoms with Crippen molar-refractivity contribution >= 4 is 10.9 Å². The second-order valence-corrected chi connectivity index (χ2v) is 10.2. The van der Waals surface area contributed by atoms with Gasteiger partial charge >= 0.3 is 0 Å². The van der Waals surface area contributed by atoms with Gasteiger partial charge in [0.05, 0.1) is 45.0 Å². The first-order valence-electron chi connectivity index (χ1n) is 14.6. The molecule has 3 rings (SSSR count). The fourth-order valence-corrected chi connectivity index (χ4v) is 5.33. The minimum atomic E-state index is -0.191. The Labute approximate surface area is 234 Å². The highest BCUT2D eigenvalue weighted by Crippen LogP contribution is 2.37. The topological polar surface area (TPSA) is 58.9 Å². The monoisotopic (exact) mass is 537 g/mol. The lowest BCUT2D eigenvalue weighted by atomic mass is 10.0. The maximum Gasteiger partial charge on any atom is 0.235 e. The van der Waals surface area contributed by atoms with Crippen LogP contribution in [0.5, 0.6) is 23.0 Å². The van der Waals surface area contributed by atoms with E-state index in [4.69, 9.17) is 18.9 Å². The summed E-state index contributed by atoms with van der Waals surface area (Å²) in [6, 6.07) is 11.4. The van der Waals surface area contributed by atoms with Crippen LogP contribution in [0, 0.1) is 0 Å². The Balaban J connectivity index is 1.82. The third kappa shape index (κ3) is 7.93. The van der Waals surface area contributed by atoms with Crippen molar-refractivity contribution in [3.05, 3.63) is 46.6 Å². The Hall–Kier alpha value is -3.15. The standard InChI is InChI=1S/C33H47NO5/c1-6-7-8-9-10-11-12-13-14-15-16-17-22-34-28-23-27(37-3)24-29(38-4)30(28)32(35)33(39-5)31(34)25-18-20-26(36-2)21-19-25/h18-21,23-24H,6-17,22H2,1-5H3. The summed E-state index contributed by atoms with van der Waals surface area (Å²) in [5, 5.41) is 0.506. The molecule has 0 amide bonds. The molecular weight excluding hydrogens is 490 g/mol. The molecule has 0 atom stereocenters. The quantitative estimate of drug-likeness (QED) is 0.152. The van der Waals surface area contributed by atoms with Crippen molar-refractivity contribution in [2.45, 2.75) is 90.5 Å². The number of aromatic nitrogens is 1. The van der Waals surface area contributed by atoms with Gasteiger partial charge in [0, 0.05) is 24.2 Å². The van der Waals surface area contributed by atoms with Crippen LogP contribution in [0.15, 0.2) is 41.2 Å². The van der Waals surface area contributed by atoms with Gasteiger partial charge < -0.3 is 23.5 Å². The Morgan fingerprint density at radius 2 is 1.21 bits per heavy atom. The zero-order valence-corrected chi connectivity index (χ0v) is 24.6. The summed E-state index contributed by atoms with van der Waals surface area (Å²) in [5.41, 5.74) is 2.25. The third-order valence-electron chi connectivity index (χ3n) is 7.52. The van der Waals surface area contributed by atoms with Gasteiger partial charge in [0.1, 0.15) is 17.2 Å². The van der Waals surface area contributed by atoms with Gasteiger partial charge in [0.25, 0.3) is 0 Å². The number of fused-ring (bicyclic) bond motifs is 1. The highest BCUT2D eigenvalue weighted by atomic mass is 16.5. The van der Waals surface area contributed by atoms with E-state index in [1.165, 1.54) is 64.2 Å². The molecule has 1 heterocycles. The average Bonchev–Trinajstić information content (AvgIpc) is 2.97. The van der Waals surface area contributed by atoms with Gasteiger partial charge in [-0.2, -0.15) is 0 Å². The van der Waals surface area contributed by atoms with E-state index in [1.54, 1.807) is 34.5 Å². The molecule has 0 bridgehead atoms. The van der Waals surface area contributed by atoms with E-state index < -0.39 is 0 Å². The fraction of sp³-hybridized carbons (Fsp3) is 0.545. The first-order chi connectivity index (χ1) is 19.1. The highest BCUT2D eigenvalue weighted by molar-refractivity contribution is 5.91. The van der Waals surface area contributed by atoms with Crippen LogP contribution in [-0.2, 0) is 6.54 Å². The van der Waals surface area contributed by atoms with Crippen LogP contribution in [0.25, 0.3) is 22.2 Å². The zero-order valence-electron chi connectivity index (χ0n) is 24.6. The van der Waals surface area contributed by atoms with Crippen LogP contribution >= 0.6 is 0 Å². The van der Waals surface area contributed by atoms with Crippen molar-refractivity contribution in [1.82, 2.24) is 4.57 Å². The lowest BCUT2D eigenvalue weighted by Crippen LogP contribution is -2.17. The number of rotatable bonds is 18. The van der Waals surface area contributed by atoms with E-state index in [1.807, 2.05) is 30.3 Å². The summed E-state index contributed by atoms with van der Waals surface area (Å²) in [6.07, 6.45) is 15.5. The van der Waals surface area contributed by atoms with Gasteiger partial charge in [0.2, 0.25) is 5.43 Å². The molecule has 0 spiro atoms. The number of hydrogen-bond donors (Lipinski definition) is 0. The largest absolute Gasteiger partial charge is 0.497 e. The van der Waals surface area contributed by atoms with Crippen molar-refractivity contribution in [1.29, 1.82) is 0 Å². The molecule has 0 saturated heterocycles. The number of pyridine rings is 1. The fourth-order valence-electron chi connectivity index (χ4n) is 5.33. The average molecular weight is 538 g/mol. The summed E-state index contributed by atoms with van der Waals surface area (Å²) in [4.78, 5) is 13.7. The summed E-state index contributed by atoms with van der Waals surface area (Å²) in [6.45, 7) is 3.02. The molecule has 0 saturated carbocycles. The molecule has 6 nitrogen and oxygen atoms in total. The predicted molar refractivity (Wildman–Crippen MR) is 161 cm³/mol. The molecule has 39 heavy (non-hydrogen) atoms. The van der Waals surface area contributed by atoms with Gasteiger partial charge in [-0.05, 0) is 30.7 Å². The van der Waals surface area contributed by atoms with Crippen molar-refractivity contribution in [3.8, 4) is 34.3 Å². The predicted octanol–water partition coefficient (Wildman–Crippen LogP) is 8.40. The van der Waals surface area contributed by atoms with Gasteiger partial charge in [-0.25, -0.2) is 0 Å². The first-order valence-corrected chi connectivity index (χ1v) is 14.6. The van der Waals surface area contributed by atoms with E-state index in [0.717, 1.165) is 41.9 Å². The molecule has 0 aliphatic heterocycles. The Morgan fingerprint density at radius 1 is 0.641 bits per heavy atom. The Kier molecular flexibility index (Phi) is 12.5. The van der Waals surface area contributed by atoms with Crippen LogP contribution in [-0.4, -0.2) is 33.0 Å². The molecule has 0 N–H and O–H groups in total. The number of methoxy groups -OCH3 is 4. The first kappa shape index (κ1) is 30.4. The smallest absolute Gasteiger partial charge is 0.235 e. The molecule has 214 valence electrons. The second-order valence-electron chi connectivity index (χ2n) is 10.2. The van der Waals surface area contributed by atoms with Crippen LogP contribution in [0.4, 0.5) is 0 Å². The Bertz CT molecular complexity index is 1220.